The van der Waals surface area contributed by atoms with Crippen molar-refractivity contribution in [2.45, 2.75) is 45.1 Å². The molecule has 0 amide bonds. The topological polar surface area (TPSA) is 29.0 Å². The largest absolute Gasteiger partial charge is 0.356 e. The number of halogens is 1. The molecular weight excluding hydrogens is 222 g/mol. The van der Waals surface area contributed by atoms with Crippen LogP contribution in [0.4, 0.5) is 5.82 Å². The minimum Gasteiger partial charge on any atom is -0.356 e. The molecule has 4 heteroatoms. The second kappa shape index (κ2) is 5.00. The van der Waals surface area contributed by atoms with Gasteiger partial charge in [0.05, 0.1) is 0 Å². The Kier molecular flexibility index (Phi) is 3.64. The fourth-order valence-corrected chi connectivity index (χ4v) is 2.55. The van der Waals surface area contributed by atoms with Crippen molar-refractivity contribution in [1.29, 1.82) is 0 Å². The van der Waals surface area contributed by atoms with Gasteiger partial charge in [0.15, 0.2) is 0 Å². The van der Waals surface area contributed by atoms with E-state index in [0.29, 0.717) is 11.2 Å². The van der Waals surface area contributed by atoms with Crippen LogP contribution in [0.15, 0.2) is 6.33 Å². The highest BCUT2D eigenvalue weighted by molar-refractivity contribution is 6.30. The Bertz CT molecular complexity index is 361. The second-order valence-corrected chi connectivity index (χ2v) is 4.87. The van der Waals surface area contributed by atoms with Gasteiger partial charge in [-0.15, -0.1) is 0 Å². The Morgan fingerprint density at radius 2 is 1.94 bits per heavy atom. The molecule has 2 rings (SSSR count). The fourth-order valence-electron chi connectivity index (χ4n) is 2.42. The number of hydrogen-bond acceptors (Lipinski definition) is 3. The zero-order valence-corrected chi connectivity index (χ0v) is 10.7. The summed E-state index contributed by atoms with van der Waals surface area (Å²) in [7, 11) is 2.11. The first-order valence-corrected chi connectivity index (χ1v) is 6.28. The summed E-state index contributed by atoms with van der Waals surface area (Å²) in [5.41, 5.74) is 0.984. The smallest absolute Gasteiger partial charge is 0.137 e. The first kappa shape index (κ1) is 11.6. The minimum absolute atomic E-state index is 0.563. The molecule has 1 saturated carbocycles. The summed E-state index contributed by atoms with van der Waals surface area (Å²) < 4.78 is 0. The first-order chi connectivity index (χ1) is 7.70. The summed E-state index contributed by atoms with van der Waals surface area (Å²) in [6.45, 7) is 1.98. The molecule has 0 unspecified atom stereocenters. The average Bonchev–Trinajstić information content (AvgIpc) is 2.33. The van der Waals surface area contributed by atoms with Gasteiger partial charge in [0.1, 0.15) is 17.3 Å². The van der Waals surface area contributed by atoms with Gasteiger partial charge in [0.2, 0.25) is 0 Å². The van der Waals surface area contributed by atoms with Crippen LogP contribution in [0.5, 0.6) is 0 Å². The molecule has 88 valence electrons. The number of nitrogens with zero attached hydrogens (tertiary/aromatic N) is 3. The summed E-state index contributed by atoms with van der Waals surface area (Å²) in [6.07, 6.45) is 8.09. The normalized spacial score (nSPS) is 17.4. The van der Waals surface area contributed by atoms with Gasteiger partial charge >= 0.3 is 0 Å². The van der Waals surface area contributed by atoms with Crippen molar-refractivity contribution in [2.75, 3.05) is 11.9 Å². The number of hydrogen-bond donors (Lipinski definition) is 0. The molecule has 1 fully saturated rings. The van der Waals surface area contributed by atoms with Gasteiger partial charge in [-0.3, -0.25) is 0 Å². The van der Waals surface area contributed by atoms with Crippen LogP contribution in [0.3, 0.4) is 0 Å². The Hall–Kier alpha value is -0.830. The van der Waals surface area contributed by atoms with E-state index < -0.39 is 0 Å². The first-order valence-electron chi connectivity index (χ1n) is 5.90. The summed E-state index contributed by atoms with van der Waals surface area (Å²) in [5, 5.41) is 0.563. The maximum atomic E-state index is 6.02. The standard InChI is InChI=1S/C12H18ClN3/c1-9-11(13)14-8-15-12(9)16(2)10-6-4-3-5-7-10/h8,10H,3-7H2,1-2H3. The van der Waals surface area contributed by atoms with Crippen LogP contribution in [-0.4, -0.2) is 23.1 Å². The highest BCUT2D eigenvalue weighted by Crippen LogP contribution is 2.28. The van der Waals surface area contributed by atoms with Gasteiger partial charge in [-0.25, -0.2) is 9.97 Å². The van der Waals surface area contributed by atoms with Crippen LogP contribution >= 0.6 is 11.6 Å². The fraction of sp³-hybridized carbons (Fsp3) is 0.667. The zero-order chi connectivity index (χ0) is 11.5. The Labute approximate surface area is 102 Å². The molecule has 3 nitrogen and oxygen atoms in total. The molecule has 1 aromatic rings. The van der Waals surface area contributed by atoms with E-state index in [0.717, 1.165) is 11.4 Å². The lowest BCUT2D eigenvalue weighted by atomic mass is 9.94. The van der Waals surface area contributed by atoms with Crippen LogP contribution in [0.25, 0.3) is 0 Å². The van der Waals surface area contributed by atoms with Crippen molar-refractivity contribution < 1.29 is 0 Å². The lowest BCUT2D eigenvalue weighted by molar-refractivity contribution is 0.425. The molecule has 0 bridgehead atoms. The minimum atomic E-state index is 0.563. The number of anilines is 1. The summed E-state index contributed by atoms with van der Waals surface area (Å²) in [6, 6.07) is 0.610. The van der Waals surface area contributed by atoms with Crippen molar-refractivity contribution in [1.82, 2.24) is 9.97 Å². The molecule has 0 aromatic carbocycles. The van der Waals surface area contributed by atoms with E-state index in [1.54, 1.807) is 6.33 Å². The van der Waals surface area contributed by atoms with Crippen LogP contribution < -0.4 is 4.90 Å². The molecule has 0 radical (unpaired) electrons. The molecule has 16 heavy (non-hydrogen) atoms. The third-order valence-electron chi connectivity index (χ3n) is 3.45. The van der Waals surface area contributed by atoms with E-state index in [4.69, 9.17) is 11.6 Å². The quantitative estimate of drug-likeness (QED) is 0.743. The molecule has 0 spiro atoms. The lowest BCUT2D eigenvalue weighted by Gasteiger charge is -2.32. The predicted molar refractivity (Wildman–Crippen MR) is 67.1 cm³/mol. The molecule has 1 aliphatic rings. The summed E-state index contributed by atoms with van der Waals surface area (Å²) >= 11 is 6.02. The summed E-state index contributed by atoms with van der Waals surface area (Å²) in [4.78, 5) is 10.6. The highest BCUT2D eigenvalue weighted by atomic mass is 35.5. The Morgan fingerprint density at radius 3 is 2.62 bits per heavy atom. The van der Waals surface area contributed by atoms with E-state index in [9.17, 15) is 0 Å². The molecular formula is C12H18ClN3. The van der Waals surface area contributed by atoms with E-state index in [2.05, 4.69) is 21.9 Å². The van der Waals surface area contributed by atoms with Crippen LogP contribution in [0.2, 0.25) is 5.15 Å². The van der Waals surface area contributed by atoms with Crippen LogP contribution in [0.1, 0.15) is 37.7 Å². The highest BCUT2D eigenvalue weighted by Gasteiger charge is 2.21. The van der Waals surface area contributed by atoms with E-state index >= 15 is 0 Å². The Balaban J connectivity index is 2.19. The van der Waals surface area contributed by atoms with Crippen LogP contribution in [0, 0.1) is 6.92 Å². The van der Waals surface area contributed by atoms with Gasteiger partial charge < -0.3 is 4.90 Å². The molecule has 1 aliphatic carbocycles. The predicted octanol–water partition coefficient (Wildman–Crippen LogP) is 3.21. The van der Waals surface area contributed by atoms with Crippen molar-refractivity contribution in [3.05, 3.63) is 17.0 Å². The van der Waals surface area contributed by atoms with E-state index in [-0.39, 0.29) is 0 Å². The second-order valence-electron chi connectivity index (χ2n) is 4.52. The zero-order valence-electron chi connectivity index (χ0n) is 9.91. The molecule has 0 aliphatic heterocycles. The van der Waals surface area contributed by atoms with Gasteiger partial charge in [0.25, 0.3) is 0 Å². The van der Waals surface area contributed by atoms with Gasteiger partial charge in [0, 0.05) is 18.7 Å². The third-order valence-corrected chi connectivity index (χ3v) is 3.83. The molecule has 1 heterocycles. The number of aromatic nitrogens is 2. The van der Waals surface area contributed by atoms with Crippen molar-refractivity contribution in [2.24, 2.45) is 0 Å². The maximum Gasteiger partial charge on any atom is 0.137 e. The Morgan fingerprint density at radius 1 is 1.25 bits per heavy atom. The SMILES string of the molecule is Cc1c(Cl)ncnc1N(C)C1CCCCC1. The molecule has 0 saturated heterocycles. The monoisotopic (exact) mass is 239 g/mol. The van der Waals surface area contributed by atoms with Crippen molar-refractivity contribution in [3.8, 4) is 0 Å². The van der Waals surface area contributed by atoms with Gasteiger partial charge in [-0.1, -0.05) is 30.9 Å². The van der Waals surface area contributed by atoms with Gasteiger partial charge in [-0.05, 0) is 19.8 Å². The van der Waals surface area contributed by atoms with E-state index in [1.807, 2.05) is 6.92 Å². The molecule has 0 N–H and O–H groups in total. The van der Waals surface area contributed by atoms with Crippen molar-refractivity contribution >= 4 is 17.4 Å². The molecule has 0 atom stereocenters. The molecule has 1 aromatic heterocycles. The van der Waals surface area contributed by atoms with Gasteiger partial charge in [-0.2, -0.15) is 0 Å². The average molecular weight is 240 g/mol. The lowest BCUT2D eigenvalue weighted by Crippen LogP contribution is -2.34. The van der Waals surface area contributed by atoms with Crippen LogP contribution in [-0.2, 0) is 0 Å². The van der Waals surface area contributed by atoms with E-state index in [1.165, 1.54) is 32.1 Å². The van der Waals surface area contributed by atoms with Crippen molar-refractivity contribution in [3.63, 3.8) is 0 Å². The number of rotatable bonds is 2. The third kappa shape index (κ3) is 2.29. The summed E-state index contributed by atoms with van der Waals surface area (Å²) in [5.74, 6) is 0.979. The maximum absolute atomic E-state index is 6.02.